The molecule has 3 rings (SSSR count). The number of aliphatic hydroxyl groups is 2. The lowest BCUT2D eigenvalue weighted by Gasteiger charge is -2.24. The van der Waals surface area contributed by atoms with Crippen molar-refractivity contribution in [2.24, 2.45) is 0 Å². The molecule has 15 heteroatoms. The van der Waals surface area contributed by atoms with Gasteiger partial charge in [0.25, 0.3) is 5.56 Å². The minimum absolute atomic E-state index is 0.300. The maximum absolute atomic E-state index is 15.2. The molecule has 0 bridgehead atoms. The molecule has 0 radical (unpaired) electrons. The van der Waals surface area contributed by atoms with Crippen molar-refractivity contribution < 1.29 is 38.2 Å². The van der Waals surface area contributed by atoms with Crippen molar-refractivity contribution in [2.45, 2.75) is 24.3 Å². The van der Waals surface area contributed by atoms with Gasteiger partial charge in [-0.05, 0) is 0 Å². The van der Waals surface area contributed by atoms with E-state index in [0.29, 0.717) is 4.57 Å². The largest absolute Gasteiger partial charge is 0.469 e. The number of halogens is 1. The zero-order valence-corrected chi connectivity index (χ0v) is 13.1. The van der Waals surface area contributed by atoms with Gasteiger partial charge in [-0.1, -0.05) is 0 Å². The number of nitrogens with zero attached hydrogens (tertiary/aromatic N) is 3. The lowest BCUT2D eigenvalue weighted by Crippen LogP contribution is -2.42. The van der Waals surface area contributed by atoms with E-state index in [-0.39, 0.29) is 17.1 Å². The van der Waals surface area contributed by atoms with Gasteiger partial charge in [0.05, 0.1) is 6.61 Å². The fraction of sp³-hybridized carbons (Fsp3) is 0.500. The smallest absolute Gasteiger partial charge is 0.387 e. The summed E-state index contributed by atoms with van der Waals surface area (Å²) in [5, 5.41) is 19.9. The van der Waals surface area contributed by atoms with E-state index in [9.17, 15) is 19.6 Å². The number of phosphoric acid groups is 1. The van der Waals surface area contributed by atoms with Crippen LogP contribution in [0.4, 0.5) is 10.3 Å². The minimum atomic E-state index is -4.91. The first-order valence-corrected chi connectivity index (χ1v) is 8.22. The van der Waals surface area contributed by atoms with Crippen LogP contribution in [0.3, 0.4) is 0 Å². The zero-order chi connectivity index (χ0) is 18.6. The number of rotatable bonds is 4. The Morgan fingerprint density at radius 2 is 2.20 bits per heavy atom. The molecule has 1 aliphatic rings. The highest BCUT2D eigenvalue weighted by atomic mass is 31.2. The van der Waals surface area contributed by atoms with Gasteiger partial charge in [-0.2, -0.15) is 9.37 Å². The monoisotopic (exact) mass is 381 g/mol. The number of nitrogens with one attached hydrogen (secondary N) is 1. The number of ether oxygens (including phenoxy) is 1. The summed E-state index contributed by atoms with van der Waals surface area (Å²) in [4.78, 5) is 38.6. The van der Waals surface area contributed by atoms with Crippen molar-refractivity contribution in [2.75, 3.05) is 12.3 Å². The maximum atomic E-state index is 15.2. The summed E-state index contributed by atoms with van der Waals surface area (Å²) in [5.74, 6) is -3.48. The SMILES string of the molecule is Nc1nc2c(ncn2[C@]2(F)O[C@H](COP(=O)(O)O)[C@@H](O)[C@H]2O)c(=O)[nH]1. The van der Waals surface area contributed by atoms with Gasteiger partial charge in [-0.15, -0.1) is 0 Å². The molecule has 3 heterocycles. The molecule has 0 saturated carbocycles. The molecule has 1 fully saturated rings. The Labute approximate surface area is 137 Å². The summed E-state index contributed by atoms with van der Waals surface area (Å²) >= 11 is 0. The van der Waals surface area contributed by atoms with Crippen molar-refractivity contribution in [1.82, 2.24) is 19.5 Å². The standard InChI is InChI=1S/C10H13FN5O8P/c11-10(6(18)5(17)3(24-10)1-23-25(20,21)22)16-2-13-4-7(16)14-9(12)15-8(4)19/h2-3,5-6,17-18H,1H2,(H2,20,21,22)(H3,12,14,15,19)/t3-,5-,6-,10+/m1/s1. The lowest BCUT2D eigenvalue weighted by molar-refractivity contribution is -0.234. The first-order valence-electron chi connectivity index (χ1n) is 6.69. The molecule has 0 aromatic carbocycles. The average molecular weight is 381 g/mol. The van der Waals surface area contributed by atoms with E-state index in [1.165, 1.54) is 0 Å². The quantitative estimate of drug-likeness (QED) is 0.305. The summed E-state index contributed by atoms with van der Waals surface area (Å²) in [7, 11) is -4.91. The van der Waals surface area contributed by atoms with Crippen LogP contribution in [0.15, 0.2) is 11.1 Å². The number of nitrogen functional groups attached to an aromatic ring is 1. The molecule has 7 N–H and O–H groups in total. The van der Waals surface area contributed by atoms with Gasteiger partial charge in [0.15, 0.2) is 17.3 Å². The van der Waals surface area contributed by atoms with Crippen molar-refractivity contribution >= 4 is 24.9 Å². The molecular weight excluding hydrogens is 368 g/mol. The number of H-pyrrole nitrogens is 1. The summed E-state index contributed by atoms with van der Waals surface area (Å²) < 4.78 is 35.5. The number of phosphoric ester groups is 1. The number of hydrogen-bond donors (Lipinski definition) is 6. The topological polar surface area (TPSA) is 206 Å². The summed E-state index contributed by atoms with van der Waals surface area (Å²) in [6, 6.07) is 0. The first kappa shape index (κ1) is 17.9. The molecule has 2 aromatic heterocycles. The number of nitrogens with two attached hydrogens (primary N) is 1. The van der Waals surface area contributed by atoms with Crippen molar-refractivity contribution in [3.8, 4) is 0 Å². The van der Waals surface area contributed by atoms with Gasteiger partial charge in [0, 0.05) is 0 Å². The molecule has 2 aromatic rings. The second kappa shape index (κ2) is 5.81. The third kappa shape index (κ3) is 3.04. The van der Waals surface area contributed by atoms with Crippen LogP contribution >= 0.6 is 7.82 Å². The minimum Gasteiger partial charge on any atom is -0.387 e. The van der Waals surface area contributed by atoms with Gasteiger partial charge in [0.2, 0.25) is 5.95 Å². The Hall–Kier alpha value is -1.93. The fourth-order valence-corrected chi connectivity index (χ4v) is 2.76. The van der Waals surface area contributed by atoms with E-state index in [1.54, 1.807) is 0 Å². The number of fused-ring (bicyclic) bond motifs is 1. The van der Waals surface area contributed by atoms with E-state index in [1.807, 2.05) is 0 Å². The Bertz CT molecular complexity index is 912. The highest BCUT2D eigenvalue weighted by molar-refractivity contribution is 7.46. The summed E-state index contributed by atoms with van der Waals surface area (Å²) in [6.45, 7) is -0.906. The Morgan fingerprint density at radius 1 is 1.52 bits per heavy atom. The molecule has 0 aliphatic carbocycles. The molecule has 1 aliphatic heterocycles. The molecule has 138 valence electrons. The maximum Gasteiger partial charge on any atom is 0.469 e. The molecule has 13 nitrogen and oxygen atoms in total. The van der Waals surface area contributed by atoms with E-state index in [0.717, 1.165) is 6.33 Å². The number of aliphatic hydroxyl groups excluding tert-OH is 2. The van der Waals surface area contributed by atoms with E-state index < -0.39 is 44.3 Å². The van der Waals surface area contributed by atoms with Gasteiger partial charge in [-0.3, -0.25) is 18.9 Å². The molecular formula is C10H13FN5O8P. The van der Waals surface area contributed by atoms with E-state index in [2.05, 4.69) is 19.5 Å². The second-order valence-corrected chi connectivity index (χ2v) is 6.46. The van der Waals surface area contributed by atoms with Crippen molar-refractivity contribution in [3.63, 3.8) is 0 Å². The Morgan fingerprint density at radius 3 is 2.84 bits per heavy atom. The van der Waals surface area contributed by atoms with Crippen LogP contribution in [0.2, 0.25) is 0 Å². The Kier molecular flexibility index (Phi) is 4.15. The first-order chi connectivity index (χ1) is 11.5. The highest BCUT2D eigenvalue weighted by Crippen LogP contribution is 2.41. The van der Waals surface area contributed by atoms with Crippen LogP contribution in [0, 0.1) is 0 Å². The van der Waals surface area contributed by atoms with Gasteiger partial charge in [0.1, 0.15) is 18.5 Å². The highest BCUT2D eigenvalue weighted by Gasteiger charge is 2.57. The van der Waals surface area contributed by atoms with E-state index >= 15 is 4.39 Å². The number of aromatic nitrogens is 4. The van der Waals surface area contributed by atoms with Crippen LogP contribution in [-0.2, 0) is 19.8 Å². The number of hydrogen-bond acceptors (Lipinski definition) is 9. The average Bonchev–Trinajstić information content (AvgIpc) is 3.01. The van der Waals surface area contributed by atoms with Gasteiger partial charge in [-0.25, -0.2) is 9.55 Å². The zero-order valence-electron chi connectivity index (χ0n) is 12.2. The number of aromatic amines is 1. The predicted octanol–water partition coefficient (Wildman–Crippen LogP) is -2.49. The lowest BCUT2D eigenvalue weighted by atomic mass is 10.1. The third-order valence-corrected chi connectivity index (χ3v) is 4.03. The number of anilines is 1. The van der Waals surface area contributed by atoms with Crippen LogP contribution in [0.5, 0.6) is 0 Å². The molecule has 4 atom stereocenters. The molecule has 0 spiro atoms. The summed E-state index contributed by atoms with van der Waals surface area (Å²) in [6.07, 6.45) is -4.91. The van der Waals surface area contributed by atoms with Crippen LogP contribution < -0.4 is 11.3 Å². The predicted molar refractivity (Wildman–Crippen MR) is 76.5 cm³/mol. The second-order valence-electron chi connectivity index (χ2n) is 5.23. The number of alkyl halides is 1. The summed E-state index contributed by atoms with van der Waals surface area (Å²) in [5.41, 5.74) is 3.96. The number of imidazole rings is 1. The van der Waals surface area contributed by atoms with Gasteiger partial charge < -0.3 is 30.5 Å². The third-order valence-electron chi connectivity index (χ3n) is 3.55. The Balaban J connectivity index is 1.99. The van der Waals surface area contributed by atoms with E-state index in [4.69, 9.17) is 20.3 Å². The van der Waals surface area contributed by atoms with Gasteiger partial charge >= 0.3 is 13.8 Å². The molecule has 0 unspecified atom stereocenters. The molecule has 0 amide bonds. The molecule has 25 heavy (non-hydrogen) atoms. The van der Waals surface area contributed by atoms with Crippen molar-refractivity contribution in [1.29, 1.82) is 0 Å². The fourth-order valence-electron chi connectivity index (χ4n) is 2.42. The molecule has 1 saturated heterocycles. The van der Waals surface area contributed by atoms with Crippen LogP contribution in [0.25, 0.3) is 11.2 Å². The van der Waals surface area contributed by atoms with Crippen LogP contribution in [0.1, 0.15) is 0 Å². The van der Waals surface area contributed by atoms with Crippen molar-refractivity contribution in [3.05, 3.63) is 16.7 Å². The normalized spacial score (nSPS) is 30.2. The van der Waals surface area contributed by atoms with Crippen LogP contribution in [-0.4, -0.2) is 64.4 Å².